The minimum absolute atomic E-state index is 0.397. The first-order valence-corrected chi connectivity index (χ1v) is 9.70. The minimum Gasteiger partial charge on any atom is -0.297 e. The zero-order chi connectivity index (χ0) is 15.6. The molecule has 0 fully saturated rings. The fourth-order valence-corrected chi connectivity index (χ4v) is 5.06. The molecule has 2 aromatic rings. The molecule has 0 spiro atoms. The van der Waals surface area contributed by atoms with Gasteiger partial charge in [0, 0.05) is 31.1 Å². The number of sulfonamides is 1. The molecule has 118 valence electrons. The summed E-state index contributed by atoms with van der Waals surface area (Å²) in [6.45, 7) is 4.97. The molecule has 0 aliphatic carbocycles. The van der Waals surface area contributed by atoms with Crippen molar-refractivity contribution in [3.05, 3.63) is 52.4 Å². The third kappa shape index (κ3) is 3.57. The lowest BCUT2D eigenvalue weighted by Gasteiger charge is -2.28. The van der Waals surface area contributed by atoms with Crippen molar-refractivity contribution in [2.75, 3.05) is 19.6 Å². The molecule has 0 bridgehead atoms. The maximum atomic E-state index is 12.2. The van der Waals surface area contributed by atoms with Gasteiger partial charge in [-0.05, 0) is 36.6 Å². The van der Waals surface area contributed by atoms with Crippen LogP contribution in [0.2, 0.25) is 0 Å². The summed E-state index contributed by atoms with van der Waals surface area (Å²) < 4.78 is 27.4. The van der Waals surface area contributed by atoms with Crippen molar-refractivity contribution in [2.24, 2.45) is 0 Å². The second kappa shape index (κ2) is 6.50. The quantitative estimate of drug-likeness (QED) is 0.912. The first-order valence-electron chi connectivity index (χ1n) is 7.40. The lowest BCUT2D eigenvalue weighted by atomic mass is 10.0. The molecule has 0 atom stereocenters. The number of rotatable bonds is 5. The van der Waals surface area contributed by atoms with Crippen molar-refractivity contribution in [1.29, 1.82) is 0 Å². The van der Waals surface area contributed by atoms with E-state index in [2.05, 4.69) is 33.9 Å². The standard InChI is InChI=1S/C16H20N2O2S2/c1-13-6-7-16(21-13)22(19,20)17-9-11-18-10-8-14-4-2-3-5-15(14)12-18/h2-7,17H,8-12H2,1H3. The number of hydrogen-bond acceptors (Lipinski definition) is 4. The highest BCUT2D eigenvalue weighted by Gasteiger charge is 2.18. The predicted octanol–water partition coefficient (Wildman–Crippen LogP) is 2.39. The fourth-order valence-electron chi connectivity index (χ4n) is 2.71. The first kappa shape index (κ1) is 15.7. The molecule has 1 aromatic heterocycles. The number of benzene rings is 1. The van der Waals surface area contributed by atoms with Gasteiger partial charge in [-0.3, -0.25) is 4.90 Å². The Morgan fingerprint density at radius 3 is 2.68 bits per heavy atom. The molecule has 0 saturated heterocycles. The summed E-state index contributed by atoms with van der Waals surface area (Å²) in [5, 5.41) is 0. The summed E-state index contributed by atoms with van der Waals surface area (Å²) in [7, 11) is -3.36. The third-order valence-electron chi connectivity index (χ3n) is 3.91. The number of thiophene rings is 1. The molecule has 0 radical (unpaired) electrons. The second-order valence-corrected chi connectivity index (χ2v) is 8.84. The highest BCUT2D eigenvalue weighted by atomic mass is 32.2. The summed E-state index contributed by atoms with van der Waals surface area (Å²) >= 11 is 1.31. The monoisotopic (exact) mass is 336 g/mol. The first-order chi connectivity index (χ1) is 10.5. The van der Waals surface area contributed by atoms with Gasteiger partial charge in [0.05, 0.1) is 0 Å². The van der Waals surface area contributed by atoms with E-state index in [1.165, 1.54) is 22.5 Å². The van der Waals surface area contributed by atoms with E-state index in [4.69, 9.17) is 0 Å². The van der Waals surface area contributed by atoms with Crippen molar-refractivity contribution < 1.29 is 8.42 Å². The van der Waals surface area contributed by atoms with E-state index in [0.717, 1.165) is 30.9 Å². The lowest BCUT2D eigenvalue weighted by Crippen LogP contribution is -2.37. The lowest BCUT2D eigenvalue weighted by molar-refractivity contribution is 0.258. The smallest absolute Gasteiger partial charge is 0.250 e. The zero-order valence-electron chi connectivity index (χ0n) is 12.6. The Morgan fingerprint density at radius 1 is 1.18 bits per heavy atom. The van der Waals surface area contributed by atoms with Crippen LogP contribution < -0.4 is 4.72 Å². The number of aryl methyl sites for hydroxylation is 1. The van der Waals surface area contributed by atoms with Crippen LogP contribution in [0.1, 0.15) is 16.0 Å². The van der Waals surface area contributed by atoms with Crippen LogP contribution in [0.25, 0.3) is 0 Å². The van der Waals surface area contributed by atoms with Gasteiger partial charge in [0.25, 0.3) is 0 Å². The fraction of sp³-hybridized carbons (Fsp3) is 0.375. The van der Waals surface area contributed by atoms with E-state index in [9.17, 15) is 8.42 Å². The van der Waals surface area contributed by atoms with Gasteiger partial charge in [-0.2, -0.15) is 0 Å². The van der Waals surface area contributed by atoms with Gasteiger partial charge in [-0.15, -0.1) is 11.3 Å². The molecule has 4 nitrogen and oxygen atoms in total. The molecule has 0 amide bonds. The van der Waals surface area contributed by atoms with Gasteiger partial charge in [-0.1, -0.05) is 24.3 Å². The summed E-state index contributed by atoms with van der Waals surface area (Å²) in [5.74, 6) is 0. The van der Waals surface area contributed by atoms with Crippen LogP contribution in [0, 0.1) is 6.92 Å². The molecule has 1 aliphatic rings. The molecule has 1 N–H and O–H groups in total. The van der Waals surface area contributed by atoms with Gasteiger partial charge in [0.2, 0.25) is 10.0 Å². The highest BCUT2D eigenvalue weighted by molar-refractivity contribution is 7.91. The van der Waals surface area contributed by atoms with E-state index in [1.54, 1.807) is 6.07 Å². The number of hydrogen-bond donors (Lipinski definition) is 1. The van der Waals surface area contributed by atoms with Crippen molar-refractivity contribution in [3.8, 4) is 0 Å². The van der Waals surface area contributed by atoms with E-state index in [1.807, 2.05) is 13.0 Å². The van der Waals surface area contributed by atoms with Crippen molar-refractivity contribution >= 4 is 21.4 Å². The average Bonchev–Trinajstić information content (AvgIpc) is 2.94. The van der Waals surface area contributed by atoms with Crippen LogP contribution in [0.5, 0.6) is 0 Å². The summed E-state index contributed by atoms with van der Waals surface area (Å²) in [5.41, 5.74) is 2.76. The van der Waals surface area contributed by atoms with Gasteiger partial charge in [0.15, 0.2) is 0 Å². The van der Waals surface area contributed by atoms with Gasteiger partial charge < -0.3 is 0 Å². The van der Waals surface area contributed by atoms with E-state index < -0.39 is 10.0 Å². The van der Waals surface area contributed by atoms with Crippen LogP contribution in [0.3, 0.4) is 0 Å². The van der Waals surface area contributed by atoms with E-state index in [-0.39, 0.29) is 0 Å². The van der Waals surface area contributed by atoms with Crippen LogP contribution >= 0.6 is 11.3 Å². The molecule has 3 rings (SSSR count). The van der Waals surface area contributed by atoms with Crippen molar-refractivity contribution in [1.82, 2.24) is 9.62 Å². The molecule has 0 unspecified atom stereocenters. The van der Waals surface area contributed by atoms with E-state index >= 15 is 0 Å². The number of nitrogens with zero attached hydrogens (tertiary/aromatic N) is 1. The molecule has 2 heterocycles. The van der Waals surface area contributed by atoms with Crippen molar-refractivity contribution in [2.45, 2.75) is 24.1 Å². The zero-order valence-corrected chi connectivity index (χ0v) is 14.2. The molecule has 0 saturated carbocycles. The maximum Gasteiger partial charge on any atom is 0.250 e. The summed E-state index contributed by atoms with van der Waals surface area (Å²) in [6.07, 6.45) is 1.03. The highest BCUT2D eigenvalue weighted by Crippen LogP contribution is 2.20. The molecule has 1 aromatic carbocycles. The van der Waals surface area contributed by atoms with Crippen LogP contribution in [-0.2, 0) is 23.0 Å². The SMILES string of the molecule is Cc1ccc(S(=O)(=O)NCCN2CCc3ccccc3C2)s1. The maximum absolute atomic E-state index is 12.2. The Kier molecular flexibility index (Phi) is 4.63. The van der Waals surface area contributed by atoms with Crippen LogP contribution in [-0.4, -0.2) is 33.0 Å². The molecule has 22 heavy (non-hydrogen) atoms. The molecule has 1 aliphatic heterocycles. The van der Waals surface area contributed by atoms with Crippen LogP contribution in [0.4, 0.5) is 0 Å². The topological polar surface area (TPSA) is 49.4 Å². The average molecular weight is 336 g/mol. The Balaban J connectivity index is 1.54. The Labute approximate surface area is 135 Å². The number of fused-ring (bicyclic) bond motifs is 1. The number of nitrogens with one attached hydrogen (secondary N) is 1. The third-order valence-corrected chi connectivity index (χ3v) is 6.86. The van der Waals surface area contributed by atoms with Gasteiger partial charge >= 0.3 is 0 Å². The Bertz CT molecular complexity index is 753. The summed E-state index contributed by atoms with van der Waals surface area (Å²) in [6, 6.07) is 12.0. The molecular weight excluding hydrogens is 316 g/mol. The normalized spacial score (nSPS) is 15.7. The van der Waals surface area contributed by atoms with E-state index in [0.29, 0.717) is 10.8 Å². The van der Waals surface area contributed by atoms with Crippen molar-refractivity contribution in [3.63, 3.8) is 0 Å². The minimum atomic E-state index is -3.36. The second-order valence-electron chi connectivity index (χ2n) is 5.56. The van der Waals surface area contributed by atoms with Crippen LogP contribution in [0.15, 0.2) is 40.6 Å². The summed E-state index contributed by atoms with van der Waals surface area (Å²) in [4.78, 5) is 3.30. The van der Waals surface area contributed by atoms with Gasteiger partial charge in [-0.25, -0.2) is 13.1 Å². The largest absolute Gasteiger partial charge is 0.297 e. The van der Waals surface area contributed by atoms with Gasteiger partial charge in [0.1, 0.15) is 4.21 Å². The Morgan fingerprint density at radius 2 is 1.95 bits per heavy atom. The molecular formula is C16H20N2O2S2. The predicted molar refractivity (Wildman–Crippen MR) is 89.7 cm³/mol. The molecule has 6 heteroatoms. The Hall–Kier alpha value is -1.21.